The van der Waals surface area contributed by atoms with Crippen LogP contribution in [0.25, 0.3) is 0 Å². The van der Waals surface area contributed by atoms with E-state index in [4.69, 9.17) is 0 Å². The molecule has 4 nitrogen and oxygen atoms in total. The lowest BCUT2D eigenvalue weighted by Gasteiger charge is -2.38. The van der Waals surface area contributed by atoms with Gasteiger partial charge in [-0.05, 0) is 25.2 Å². The SMILES string of the molecule is CCC1NC(=O)C(CC)N(CCC(C)C)C1=O. The van der Waals surface area contributed by atoms with Crippen LogP contribution in [0.1, 0.15) is 47.0 Å². The monoisotopic (exact) mass is 240 g/mol. The number of nitrogens with one attached hydrogen (secondary N) is 1. The lowest BCUT2D eigenvalue weighted by Crippen LogP contribution is -2.63. The Balaban J connectivity index is 2.77. The summed E-state index contributed by atoms with van der Waals surface area (Å²) in [6, 6.07) is -0.596. The molecular formula is C13H24N2O2. The van der Waals surface area contributed by atoms with Gasteiger partial charge in [-0.25, -0.2) is 0 Å². The molecule has 0 saturated carbocycles. The van der Waals surface area contributed by atoms with E-state index < -0.39 is 0 Å². The summed E-state index contributed by atoms with van der Waals surface area (Å²) in [7, 11) is 0. The zero-order chi connectivity index (χ0) is 13.0. The van der Waals surface area contributed by atoms with Crippen molar-refractivity contribution in [3.63, 3.8) is 0 Å². The van der Waals surface area contributed by atoms with Gasteiger partial charge in [0, 0.05) is 6.54 Å². The molecule has 1 fully saturated rings. The van der Waals surface area contributed by atoms with E-state index in [1.54, 1.807) is 4.90 Å². The zero-order valence-corrected chi connectivity index (χ0v) is 11.3. The fourth-order valence-corrected chi connectivity index (χ4v) is 2.17. The van der Waals surface area contributed by atoms with Crippen molar-refractivity contribution in [2.24, 2.45) is 5.92 Å². The molecule has 0 aromatic heterocycles. The zero-order valence-electron chi connectivity index (χ0n) is 11.3. The van der Waals surface area contributed by atoms with Crippen molar-refractivity contribution < 1.29 is 9.59 Å². The number of nitrogens with zero attached hydrogens (tertiary/aromatic N) is 1. The van der Waals surface area contributed by atoms with Crippen LogP contribution in [0.4, 0.5) is 0 Å². The van der Waals surface area contributed by atoms with Gasteiger partial charge < -0.3 is 10.2 Å². The van der Waals surface area contributed by atoms with Gasteiger partial charge in [0.1, 0.15) is 12.1 Å². The predicted octanol–water partition coefficient (Wildman–Crippen LogP) is 1.55. The minimum atomic E-state index is -0.322. The molecule has 0 aromatic carbocycles. The summed E-state index contributed by atoms with van der Waals surface area (Å²) < 4.78 is 0. The minimum absolute atomic E-state index is 0.00251. The normalized spacial score (nSPS) is 25.4. The second-order valence-corrected chi connectivity index (χ2v) is 5.11. The number of carbonyl (C=O) groups is 2. The fraction of sp³-hybridized carbons (Fsp3) is 0.846. The van der Waals surface area contributed by atoms with Gasteiger partial charge in [-0.15, -0.1) is 0 Å². The molecule has 1 aliphatic rings. The average molecular weight is 240 g/mol. The minimum Gasteiger partial charge on any atom is -0.343 e. The summed E-state index contributed by atoms with van der Waals surface area (Å²) in [6.45, 7) is 8.83. The largest absolute Gasteiger partial charge is 0.343 e. The Bertz CT molecular complexity index is 289. The molecule has 98 valence electrons. The first-order valence-corrected chi connectivity index (χ1v) is 6.62. The topological polar surface area (TPSA) is 49.4 Å². The van der Waals surface area contributed by atoms with Crippen LogP contribution in [-0.2, 0) is 9.59 Å². The standard InChI is InChI=1S/C13H24N2O2/c1-5-10-13(17)15(8-7-9(3)4)11(6-2)12(16)14-10/h9-11H,5-8H2,1-4H3,(H,14,16). The molecule has 0 radical (unpaired) electrons. The van der Waals surface area contributed by atoms with Gasteiger partial charge in [-0.3, -0.25) is 9.59 Å². The Morgan fingerprint density at radius 2 is 1.88 bits per heavy atom. The quantitative estimate of drug-likeness (QED) is 0.792. The molecule has 0 aliphatic carbocycles. The molecule has 1 N–H and O–H groups in total. The number of rotatable bonds is 5. The highest BCUT2D eigenvalue weighted by Gasteiger charge is 2.38. The summed E-state index contributed by atoms with van der Waals surface area (Å²) in [4.78, 5) is 25.9. The van der Waals surface area contributed by atoms with Crippen LogP contribution < -0.4 is 5.32 Å². The Labute approximate surface area is 104 Å². The van der Waals surface area contributed by atoms with E-state index in [0.29, 0.717) is 25.3 Å². The number of carbonyl (C=O) groups excluding carboxylic acids is 2. The van der Waals surface area contributed by atoms with Crippen LogP contribution in [0.2, 0.25) is 0 Å². The van der Waals surface area contributed by atoms with E-state index in [2.05, 4.69) is 19.2 Å². The van der Waals surface area contributed by atoms with Gasteiger partial charge in [-0.2, -0.15) is 0 Å². The number of hydrogen-bond donors (Lipinski definition) is 1. The Hall–Kier alpha value is -1.06. The number of piperazine rings is 1. The van der Waals surface area contributed by atoms with E-state index >= 15 is 0 Å². The maximum Gasteiger partial charge on any atom is 0.245 e. The molecule has 0 bridgehead atoms. The molecule has 4 heteroatoms. The van der Waals surface area contributed by atoms with E-state index in [1.807, 2.05) is 13.8 Å². The van der Waals surface area contributed by atoms with Crippen molar-refractivity contribution in [2.75, 3.05) is 6.54 Å². The predicted molar refractivity (Wildman–Crippen MR) is 67.5 cm³/mol. The van der Waals surface area contributed by atoms with Gasteiger partial charge in [0.15, 0.2) is 0 Å². The summed E-state index contributed by atoms with van der Waals surface area (Å²) in [5.41, 5.74) is 0. The maximum atomic E-state index is 12.2. The first-order chi connectivity index (χ1) is 8.01. The second-order valence-electron chi connectivity index (χ2n) is 5.11. The lowest BCUT2D eigenvalue weighted by molar-refractivity contribution is -0.149. The van der Waals surface area contributed by atoms with Gasteiger partial charge in [0.2, 0.25) is 11.8 Å². The lowest BCUT2D eigenvalue weighted by atomic mass is 10.0. The van der Waals surface area contributed by atoms with E-state index in [9.17, 15) is 9.59 Å². The van der Waals surface area contributed by atoms with Crippen molar-refractivity contribution >= 4 is 11.8 Å². The van der Waals surface area contributed by atoms with Crippen LogP contribution in [-0.4, -0.2) is 35.3 Å². The van der Waals surface area contributed by atoms with Crippen molar-refractivity contribution in [2.45, 2.75) is 59.0 Å². The summed E-state index contributed by atoms with van der Waals surface area (Å²) in [5, 5.41) is 2.80. The summed E-state index contributed by atoms with van der Waals surface area (Å²) >= 11 is 0. The Morgan fingerprint density at radius 3 is 2.35 bits per heavy atom. The third-order valence-electron chi connectivity index (χ3n) is 3.32. The van der Waals surface area contributed by atoms with E-state index in [0.717, 1.165) is 6.42 Å². The average Bonchev–Trinajstić information content (AvgIpc) is 2.29. The van der Waals surface area contributed by atoms with E-state index in [1.165, 1.54) is 0 Å². The van der Waals surface area contributed by atoms with Gasteiger partial charge in [0.25, 0.3) is 0 Å². The first-order valence-electron chi connectivity index (χ1n) is 6.62. The smallest absolute Gasteiger partial charge is 0.245 e. The van der Waals surface area contributed by atoms with Crippen LogP contribution in [0.3, 0.4) is 0 Å². The molecule has 0 spiro atoms. The summed E-state index contributed by atoms with van der Waals surface area (Å²) in [6.07, 6.45) is 2.30. The Morgan fingerprint density at radius 1 is 1.24 bits per heavy atom. The molecule has 0 aromatic rings. The van der Waals surface area contributed by atoms with Gasteiger partial charge >= 0.3 is 0 Å². The molecule has 2 amide bonds. The molecule has 2 atom stereocenters. The van der Waals surface area contributed by atoms with Crippen LogP contribution >= 0.6 is 0 Å². The van der Waals surface area contributed by atoms with Crippen molar-refractivity contribution in [3.8, 4) is 0 Å². The van der Waals surface area contributed by atoms with Crippen LogP contribution in [0.5, 0.6) is 0 Å². The van der Waals surface area contributed by atoms with Crippen LogP contribution in [0, 0.1) is 5.92 Å². The number of amides is 2. The fourth-order valence-electron chi connectivity index (χ4n) is 2.17. The van der Waals surface area contributed by atoms with Crippen molar-refractivity contribution in [1.82, 2.24) is 10.2 Å². The molecule has 2 unspecified atom stereocenters. The number of hydrogen-bond acceptors (Lipinski definition) is 2. The second kappa shape index (κ2) is 6.03. The highest BCUT2D eigenvalue weighted by atomic mass is 16.2. The molecular weight excluding hydrogens is 216 g/mol. The van der Waals surface area contributed by atoms with Crippen LogP contribution in [0.15, 0.2) is 0 Å². The van der Waals surface area contributed by atoms with Crippen molar-refractivity contribution in [1.29, 1.82) is 0 Å². The third-order valence-corrected chi connectivity index (χ3v) is 3.32. The highest BCUT2D eigenvalue weighted by Crippen LogP contribution is 2.16. The van der Waals surface area contributed by atoms with E-state index in [-0.39, 0.29) is 23.9 Å². The molecule has 1 aliphatic heterocycles. The Kier molecular flexibility index (Phi) is 4.97. The maximum absolute atomic E-state index is 12.2. The molecule has 1 heterocycles. The summed E-state index contributed by atoms with van der Waals surface area (Å²) in [5.74, 6) is 0.632. The molecule has 1 rings (SSSR count). The van der Waals surface area contributed by atoms with Crippen molar-refractivity contribution in [3.05, 3.63) is 0 Å². The first kappa shape index (κ1) is 14.0. The molecule has 17 heavy (non-hydrogen) atoms. The molecule has 1 saturated heterocycles. The van der Waals surface area contributed by atoms with Gasteiger partial charge in [0.05, 0.1) is 0 Å². The van der Waals surface area contributed by atoms with Gasteiger partial charge in [-0.1, -0.05) is 27.7 Å². The highest BCUT2D eigenvalue weighted by molar-refractivity contribution is 5.96. The third kappa shape index (κ3) is 3.20.